The molecule has 0 heterocycles. The summed E-state index contributed by atoms with van der Waals surface area (Å²) in [7, 11) is -3.35. The molecule has 0 aromatic heterocycles. The summed E-state index contributed by atoms with van der Waals surface area (Å²) in [5.41, 5.74) is 2.12. The molecule has 0 N–H and O–H groups in total. The summed E-state index contributed by atoms with van der Waals surface area (Å²) >= 11 is 3.33. The third-order valence-corrected chi connectivity index (χ3v) is 5.54. The van der Waals surface area contributed by atoms with E-state index in [1.807, 2.05) is 26.8 Å². The zero-order valence-corrected chi connectivity index (χ0v) is 13.5. The minimum atomic E-state index is -3.35. The Balaban J connectivity index is 3.06. The number of nitrogens with zero attached hydrogens (tertiary/aromatic N) is 1. The number of hydrogen-bond donors (Lipinski definition) is 0. The van der Waals surface area contributed by atoms with E-state index in [1.54, 1.807) is 12.1 Å². The summed E-state index contributed by atoms with van der Waals surface area (Å²) in [5, 5.41) is 0.811. The predicted octanol–water partition coefficient (Wildman–Crippen LogP) is 3.10. The molecule has 0 fully saturated rings. The Labute approximate surface area is 118 Å². The highest BCUT2D eigenvalue weighted by molar-refractivity contribution is 9.09. The van der Waals surface area contributed by atoms with Crippen LogP contribution >= 0.6 is 15.9 Å². The number of rotatable bonds is 6. The van der Waals surface area contributed by atoms with Gasteiger partial charge in [0.15, 0.2) is 0 Å². The molecule has 1 rings (SSSR count). The molecule has 102 valence electrons. The first-order valence-electron chi connectivity index (χ1n) is 6.06. The van der Waals surface area contributed by atoms with Gasteiger partial charge in [-0.3, -0.25) is 0 Å². The van der Waals surface area contributed by atoms with E-state index in [1.165, 1.54) is 4.31 Å². The van der Waals surface area contributed by atoms with E-state index in [9.17, 15) is 8.42 Å². The average molecular weight is 334 g/mol. The smallest absolute Gasteiger partial charge is 0.207 e. The van der Waals surface area contributed by atoms with Gasteiger partial charge in [-0.25, -0.2) is 8.42 Å². The normalized spacial score (nSPS) is 12.1. The second kappa shape index (κ2) is 6.68. The molecule has 5 heteroatoms. The molecule has 18 heavy (non-hydrogen) atoms. The summed E-state index contributed by atoms with van der Waals surface area (Å²) in [6, 6.07) is 5.30. The van der Waals surface area contributed by atoms with Gasteiger partial charge in [-0.15, -0.1) is 0 Å². The molecule has 0 unspecified atom stereocenters. The fourth-order valence-electron chi connectivity index (χ4n) is 1.71. The molecular weight excluding hydrogens is 314 g/mol. The molecule has 1 aromatic carbocycles. The second-order valence-corrected chi connectivity index (χ2v) is 7.02. The zero-order chi connectivity index (χ0) is 13.8. The van der Waals surface area contributed by atoms with Crippen LogP contribution in [0.15, 0.2) is 23.1 Å². The number of halogens is 1. The van der Waals surface area contributed by atoms with Crippen LogP contribution in [0.4, 0.5) is 0 Å². The first-order valence-corrected chi connectivity index (χ1v) is 8.63. The van der Waals surface area contributed by atoms with Crippen molar-refractivity contribution in [2.24, 2.45) is 0 Å². The van der Waals surface area contributed by atoms with Crippen molar-refractivity contribution in [3.63, 3.8) is 0 Å². The summed E-state index contributed by atoms with van der Waals surface area (Å²) in [6.07, 6.45) is 0.817. The van der Waals surface area contributed by atoms with Crippen molar-refractivity contribution in [3.05, 3.63) is 29.3 Å². The number of sulfonamides is 1. The maximum Gasteiger partial charge on any atom is 0.243 e. The largest absolute Gasteiger partial charge is 0.243 e. The summed E-state index contributed by atoms with van der Waals surface area (Å²) in [5.74, 6) is 0. The van der Waals surface area contributed by atoms with Crippen LogP contribution in [0.5, 0.6) is 0 Å². The highest BCUT2D eigenvalue weighted by atomic mass is 79.9. The zero-order valence-electron chi connectivity index (χ0n) is 11.1. The van der Waals surface area contributed by atoms with Crippen LogP contribution < -0.4 is 0 Å². The number of hydrogen-bond acceptors (Lipinski definition) is 2. The lowest BCUT2D eigenvalue weighted by atomic mass is 10.1. The number of aryl methyl sites for hydroxylation is 2. The van der Waals surface area contributed by atoms with Crippen molar-refractivity contribution >= 4 is 26.0 Å². The number of alkyl halides is 1. The van der Waals surface area contributed by atoms with Crippen LogP contribution in [-0.4, -0.2) is 31.1 Å². The van der Waals surface area contributed by atoms with Gasteiger partial charge >= 0.3 is 0 Å². The van der Waals surface area contributed by atoms with E-state index in [2.05, 4.69) is 15.9 Å². The van der Waals surface area contributed by atoms with Crippen molar-refractivity contribution in [3.8, 4) is 0 Å². The lowest BCUT2D eigenvalue weighted by Gasteiger charge is -2.20. The van der Waals surface area contributed by atoms with Crippen LogP contribution in [0.2, 0.25) is 0 Å². The molecule has 1 aromatic rings. The molecule has 0 saturated heterocycles. The van der Waals surface area contributed by atoms with E-state index in [-0.39, 0.29) is 0 Å². The van der Waals surface area contributed by atoms with Gasteiger partial charge in [0.25, 0.3) is 0 Å². The lowest BCUT2D eigenvalue weighted by molar-refractivity contribution is 0.428. The third kappa shape index (κ3) is 3.56. The molecule has 3 nitrogen and oxygen atoms in total. The molecule has 0 saturated carbocycles. The van der Waals surface area contributed by atoms with Gasteiger partial charge in [-0.2, -0.15) is 4.31 Å². The highest BCUT2D eigenvalue weighted by Crippen LogP contribution is 2.19. The van der Waals surface area contributed by atoms with Gasteiger partial charge in [-0.05, 0) is 43.5 Å². The van der Waals surface area contributed by atoms with E-state index < -0.39 is 10.0 Å². The SMILES string of the molecule is CCN(CCCBr)S(=O)(=O)c1ccc(C)c(C)c1. The van der Waals surface area contributed by atoms with Crippen molar-refractivity contribution in [2.45, 2.75) is 32.1 Å². The first kappa shape index (κ1) is 15.7. The minimum absolute atomic E-state index is 0.391. The van der Waals surface area contributed by atoms with Crippen molar-refractivity contribution < 1.29 is 8.42 Å². The Hall–Kier alpha value is -0.390. The topological polar surface area (TPSA) is 37.4 Å². The van der Waals surface area contributed by atoms with E-state index in [4.69, 9.17) is 0 Å². The van der Waals surface area contributed by atoms with Crippen molar-refractivity contribution in [2.75, 3.05) is 18.4 Å². The third-order valence-electron chi connectivity index (χ3n) is 3.01. The van der Waals surface area contributed by atoms with Crippen molar-refractivity contribution in [1.82, 2.24) is 4.31 Å². The molecule has 0 atom stereocenters. The Morgan fingerprint density at radius 1 is 1.22 bits per heavy atom. The fraction of sp³-hybridized carbons (Fsp3) is 0.538. The van der Waals surface area contributed by atoms with Gasteiger partial charge < -0.3 is 0 Å². The molecule has 0 radical (unpaired) electrons. The van der Waals surface area contributed by atoms with Crippen molar-refractivity contribution in [1.29, 1.82) is 0 Å². The summed E-state index contributed by atoms with van der Waals surface area (Å²) in [4.78, 5) is 0.391. The lowest BCUT2D eigenvalue weighted by Crippen LogP contribution is -2.32. The van der Waals surface area contributed by atoms with E-state index in [0.29, 0.717) is 18.0 Å². The molecule has 0 aliphatic carbocycles. The molecule has 0 bridgehead atoms. The predicted molar refractivity (Wildman–Crippen MR) is 78.8 cm³/mol. The van der Waals surface area contributed by atoms with Gasteiger partial charge in [0, 0.05) is 18.4 Å². The standard InChI is InChI=1S/C13H20BrNO2S/c1-4-15(9-5-8-14)18(16,17)13-7-6-11(2)12(3)10-13/h6-7,10H,4-5,8-9H2,1-3H3. The Kier molecular flexibility index (Phi) is 5.82. The molecule has 0 aliphatic rings. The van der Waals surface area contributed by atoms with Crippen LogP contribution in [-0.2, 0) is 10.0 Å². The fourth-order valence-corrected chi connectivity index (χ4v) is 3.53. The molecular formula is C13H20BrNO2S. The molecule has 0 amide bonds. The summed E-state index contributed by atoms with van der Waals surface area (Å²) in [6.45, 7) is 6.84. The molecule has 0 spiro atoms. The van der Waals surface area contributed by atoms with Gasteiger partial charge in [0.1, 0.15) is 0 Å². The maximum absolute atomic E-state index is 12.4. The maximum atomic E-state index is 12.4. The first-order chi connectivity index (χ1) is 8.43. The van der Waals surface area contributed by atoms with Crippen LogP contribution in [0.25, 0.3) is 0 Å². The monoisotopic (exact) mass is 333 g/mol. The van der Waals surface area contributed by atoms with Crippen LogP contribution in [0.1, 0.15) is 24.5 Å². The van der Waals surface area contributed by atoms with Gasteiger partial charge in [-0.1, -0.05) is 28.9 Å². The average Bonchev–Trinajstić information content (AvgIpc) is 2.33. The van der Waals surface area contributed by atoms with Gasteiger partial charge in [0.05, 0.1) is 4.90 Å². The Morgan fingerprint density at radius 2 is 1.89 bits per heavy atom. The Morgan fingerprint density at radius 3 is 2.39 bits per heavy atom. The second-order valence-electron chi connectivity index (χ2n) is 4.29. The quantitative estimate of drug-likeness (QED) is 0.750. The van der Waals surface area contributed by atoms with E-state index in [0.717, 1.165) is 22.9 Å². The minimum Gasteiger partial charge on any atom is -0.207 e. The number of benzene rings is 1. The van der Waals surface area contributed by atoms with Crippen LogP contribution in [0.3, 0.4) is 0 Å². The Bertz CT molecular complexity index is 500. The summed E-state index contributed by atoms with van der Waals surface area (Å²) < 4.78 is 26.4. The highest BCUT2D eigenvalue weighted by Gasteiger charge is 2.22. The van der Waals surface area contributed by atoms with Crippen LogP contribution in [0, 0.1) is 13.8 Å². The van der Waals surface area contributed by atoms with E-state index >= 15 is 0 Å². The molecule has 0 aliphatic heterocycles. The van der Waals surface area contributed by atoms with Gasteiger partial charge in [0.2, 0.25) is 10.0 Å².